The van der Waals surface area contributed by atoms with Crippen LogP contribution in [0.1, 0.15) is 24.5 Å². The Kier molecular flexibility index (Phi) is 6.61. The van der Waals surface area contributed by atoms with Crippen LogP contribution in [0.5, 0.6) is 5.75 Å². The molecule has 1 heterocycles. The fraction of sp³-hybridized carbons (Fsp3) is 0.200. The highest BCUT2D eigenvalue weighted by Crippen LogP contribution is 2.26. The highest BCUT2D eigenvalue weighted by Gasteiger charge is 2.18. The van der Waals surface area contributed by atoms with Crippen LogP contribution >= 0.6 is 11.6 Å². The van der Waals surface area contributed by atoms with Gasteiger partial charge in [0.2, 0.25) is 0 Å². The van der Waals surface area contributed by atoms with Gasteiger partial charge in [-0.3, -0.25) is 0 Å². The molecule has 164 valence electrons. The minimum absolute atomic E-state index is 0.380. The molecule has 0 aliphatic heterocycles. The topological polar surface area (TPSA) is 75.8 Å². The number of nitrogens with zero attached hydrogens (tertiary/aromatic N) is 2. The van der Waals surface area contributed by atoms with Gasteiger partial charge in [0, 0.05) is 18.1 Å². The van der Waals surface area contributed by atoms with E-state index in [2.05, 4.69) is 4.98 Å². The molecular weight excluding hydrogens is 428 g/mol. The molecule has 4 aromatic rings. The maximum absolute atomic E-state index is 11.3. The molecule has 1 aromatic heterocycles. The molecule has 0 saturated carbocycles. The van der Waals surface area contributed by atoms with E-state index in [9.17, 15) is 9.90 Å². The minimum Gasteiger partial charge on any atom is -0.479 e. The van der Waals surface area contributed by atoms with Gasteiger partial charge in [0.05, 0.1) is 0 Å². The van der Waals surface area contributed by atoms with E-state index in [1.54, 1.807) is 13.0 Å². The minimum atomic E-state index is -0.978. The van der Waals surface area contributed by atoms with Gasteiger partial charge in [0.25, 0.3) is 6.01 Å². The number of ether oxygens (including phenoxy) is 1. The molecular formula is C25H23ClN2O4. The number of hydrogen-bond acceptors (Lipinski definition) is 5. The molecule has 0 bridgehead atoms. The lowest BCUT2D eigenvalue weighted by Gasteiger charge is -2.21. The molecule has 32 heavy (non-hydrogen) atoms. The summed E-state index contributed by atoms with van der Waals surface area (Å²) in [6, 6.07) is 23.2. The van der Waals surface area contributed by atoms with E-state index in [0.717, 1.165) is 16.6 Å². The Morgan fingerprint density at radius 3 is 2.53 bits per heavy atom. The summed E-state index contributed by atoms with van der Waals surface area (Å²) < 4.78 is 11.7. The van der Waals surface area contributed by atoms with Crippen LogP contribution in [0.3, 0.4) is 0 Å². The van der Waals surface area contributed by atoms with Crippen LogP contribution in [-0.4, -0.2) is 22.2 Å². The fourth-order valence-electron chi connectivity index (χ4n) is 3.41. The standard InChI is InChI=1S/C25H23ClN2O4/c1-2-22(24(29)30)31-20-7-5-6-18(14-20)16-28(15-17-10-12-19(26)13-11-17)25-27-21-8-3-4-9-23(21)32-25/h3-14,22H,2,15-16H2,1H3,(H,29,30). The van der Waals surface area contributed by atoms with Crippen molar-refractivity contribution in [2.45, 2.75) is 32.5 Å². The molecule has 0 amide bonds. The van der Waals surface area contributed by atoms with E-state index in [4.69, 9.17) is 20.8 Å². The summed E-state index contributed by atoms with van der Waals surface area (Å²) in [6.45, 7) is 2.84. The lowest BCUT2D eigenvalue weighted by molar-refractivity contribution is -0.145. The number of benzene rings is 3. The molecule has 0 saturated heterocycles. The van der Waals surface area contributed by atoms with E-state index in [-0.39, 0.29) is 0 Å². The maximum Gasteiger partial charge on any atom is 0.344 e. The zero-order chi connectivity index (χ0) is 22.5. The summed E-state index contributed by atoms with van der Waals surface area (Å²) in [4.78, 5) is 18.0. The Morgan fingerprint density at radius 1 is 1.06 bits per heavy atom. The SMILES string of the molecule is CCC(Oc1cccc(CN(Cc2ccc(Cl)cc2)c2nc3ccccc3o2)c1)C(=O)O. The predicted octanol–water partition coefficient (Wildman–Crippen LogP) is 5.93. The van der Waals surface area contributed by atoms with E-state index >= 15 is 0 Å². The summed E-state index contributed by atoms with van der Waals surface area (Å²) in [5, 5.41) is 9.96. The molecule has 0 radical (unpaired) electrons. The van der Waals surface area contributed by atoms with E-state index in [1.807, 2.05) is 71.6 Å². The molecule has 4 rings (SSSR count). The van der Waals surface area contributed by atoms with Crippen LogP contribution in [0.4, 0.5) is 6.01 Å². The van der Waals surface area contributed by atoms with Crippen molar-refractivity contribution in [3.63, 3.8) is 0 Å². The zero-order valence-electron chi connectivity index (χ0n) is 17.6. The van der Waals surface area contributed by atoms with Crippen LogP contribution in [0, 0.1) is 0 Å². The first-order valence-electron chi connectivity index (χ1n) is 10.3. The maximum atomic E-state index is 11.3. The number of aromatic nitrogens is 1. The van der Waals surface area contributed by atoms with Crippen molar-refractivity contribution >= 4 is 34.7 Å². The smallest absolute Gasteiger partial charge is 0.344 e. The van der Waals surface area contributed by atoms with Crippen LogP contribution < -0.4 is 9.64 Å². The quantitative estimate of drug-likeness (QED) is 0.340. The monoisotopic (exact) mass is 450 g/mol. The van der Waals surface area contributed by atoms with E-state index < -0.39 is 12.1 Å². The molecule has 0 aliphatic carbocycles. The number of oxazole rings is 1. The predicted molar refractivity (Wildman–Crippen MR) is 124 cm³/mol. The summed E-state index contributed by atoms with van der Waals surface area (Å²) in [5.41, 5.74) is 3.50. The molecule has 7 heteroatoms. The highest BCUT2D eigenvalue weighted by atomic mass is 35.5. The Labute approximate surface area is 191 Å². The number of para-hydroxylation sites is 2. The van der Waals surface area contributed by atoms with Crippen molar-refractivity contribution in [2.24, 2.45) is 0 Å². The Morgan fingerprint density at radius 2 is 1.81 bits per heavy atom. The van der Waals surface area contributed by atoms with Gasteiger partial charge in [0.1, 0.15) is 11.3 Å². The number of aliphatic carboxylic acids is 1. The van der Waals surface area contributed by atoms with Crippen molar-refractivity contribution in [3.05, 3.63) is 88.9 Å². The van der Waals surface area contributed by atoms with Gasteiger partial charge in [-0.1, -0.05) is 54.9 Å². The molecule has 1 N–H and O–H groups in total. The lowest BCUT2D eigenvalue weighted by Crippen LogP contribution is -2.26. The first-order chi connectivity index (χ1) is 15.5. The summed E-state index contributed by atoms with van der Waals surface area (Å²) >= 11 is 6.04. The second-order valence-electron chi connectivity index (χ2n) is 7.45. The van der Waals surface area contributed by atoms with Gasteiger partial charge in [-0.25, -0.2) is 4.79 Å². The second kappa shape index (κ2) is 9.75. The van der Waals surface area contributed by atoms with Gasteiger partial charge in [-0.15, -0.1) is 0 Å². The Hall–Kier alpha value is -3.51. The second-order valence-corrected chi connectivity index (χ2v) is 7.88. The van der Waals surface area contributed by atoms with Gasteiger partial charge in [-0.2, -0.15) is 4.98 Å². The third-order valence-corrected chi connectivity index (χ3v) is 5.29. The van der Waals surface area contributed by atoms with Gasteiger partial charge in [-0.05, 0) is 53.9 Å². The van der Waals surface area contributed by atoms with Crippen LogP contribution in [0.2, 0.25) is 5.02 Å². The molecule has 0 fully saturated rings. The molecule has 0 aliphatic rings. The lowest BCUT2D eigenvalue weighted by atomic mass is 10.1. The van der Waals surface area contributed by atoms with Crippen LogP contribution in [0.25, 0.3) is 11.1 Å². The number of carbonyl (C=O) groups is 1. The zero-order valence-corrected chi connectivity index (χ0v) is 18.3. The normalized spacial score (nSPS) is 11.9. The van der Waals surface area contributed by atoms with Gasteiger partial charge in [0.15, 0.2) is 11.7 Å². The molecule has 1 atom stereocenters. The summed E-state index contributed by atoms with van der Waals surface area (Å²) in [6.07, 6.45) is -0.502. The number of carboxylic acid groups (broad SMARTS) is 1. The fourth-order valence-corrected chi connectivity index (χ4v) is 3.53. The Bertz CT molecular complexity index is 1170. The average Bonchev–Trinajstić information content (AvgIpc) is 3.23. The number of halogens is 1. The van der Waals surface area contributed by atoms with E-state index in [0.29, 0.717) is 41.9 Å². The third kappa shape index (κ3) is 5.21. The van der Waals surface area contributed by atoms with Crippen molar-refractivity contribution < 1.29 is 19.1 Å². The number of carboxylic acids is 1. The first-order valence-corrected chi connectivity index (χ1v) is 10.7. The summed E-state index contributed by atoms with van der Waals surface area (Å²) in [7, 11) is 0. The largest absolute Gasteiger partial charge is 0.479 e. The van der Waals surface area contributed by atoms with Crippen molar-refractivity contribution in [2.75, 3.05) is 4.90 Å². The third-order valence-electron chi connectivity index (χ3n) is 5.04. The molecule has 0 spiro atoms. The number of rotatable bonds is 9. The average molecular weight is 451 g/mol. The van der Waals surface area contributed by atoms with Crippen molar-refractivity contribution in [1.29, 1.82) is 0 Å². The van der Waals surface area contributed by atoms with Gasteiger partial charge >= 0.3 is 5.97 Å². The van der Waals surface area contributed by atoms with Crippen LogP contribution in [-0.2, 0) is 17.9 Å². The van der Waals surface area contributed by atoms with Gasteiger partial charge < -0.3 is 19.2 Å². The number of hydrogen-bond donors (Lipinski definition) is 1. The molecule has 6 nitrogen and oxygen atoms in total. The van der Waals surface area contributed by atoms with Crippen molar-refractivity contribution in [1.82, 2.24) is 4.98 Å². The highest BCUT2D eigenvalue weighted by molar-refractivity contribution is 6.30. The number of anilines is 1. The first kappa shape index (κ1) is 21.7. The molecule has 3 aromatic carbocycles. The van der Waals surface area contributed by atoms with E-state index in [1.165, 1.54) is 0 Å². The Balaban J connectivity index is 1.62. The van der Waals surface area contributed by atoms with Crippen LogP contribution in [0.15, 0.2) is 77.2 Å². The van der Waals surface area contributed by atoms with Crippen molar-refractivity contribution in [3.8, 4) is 5.75 Å². The molecule has 1 unspecified atom stereocenters. The summed E-state index contributed by atoms with van der Waals surface area (Å²) in [5.74, 6) is -0.463. The number of fused-ring (bicyclic) bond motifs is 1.